The van der Waals surface area contributed by atoms with E-state index < -0.39 is 0 Å². The van der Waals surface area contributed by atoms with Crippen molar-refractivity contribution in [1.82, 2.24) is 10.3 Å². The molecular formula is C14H13N3OS2. The summed E-state index contributed by atoms with van der Waals surface area (Å²) in [6.45, 7) is 1.96. The normalized spacial score (nSPS) is 12.4. The molecule has 4 nitrogen and oxygen atoms in total. The van der Waals surface area contributed by atoms with E-state index in [0.717, 1.165) is 9.58 Å². The summed E-state index contributed by atoms with van der Waals surface area (Å²) in [5.74, 6) is -0.147. The number of anilines is 1. The number of nitrogens with one attached hydrogen (secondary N) is 1. The minimum Gasteiger partial charge on any atom is -0.396 e. The molecule has 3 N–H and O–H groups in total. The number of fused-ring (bicyclic) bond motifs is 1. The lowest BCUT2D eigenvalue weighted by Gasteiger charge is -2.11. The van der Waals surface area contributed by atoms with Crippen molar-refractivity contribution in [2.24, 2.45) is 0 Å². The molecule has 0 saturated carbocycles. The van der Waals surface area contributed by atoms with Crippen LogP contribution in [0.3, 0.4) is 0 Å². The molecule has 0 fully saturated rings. The fraction of sp³-hybridized carbons (Fsp3) is 0.143. The Morgan fingerprint density at radius 3 is 2.95 bits per heavy atom. The molecule has 0 aliphatic carbocycles. The molecule has 102 valence electrons. The van der Waals surface area contributed by atoms with Crippen molar-refractivity contribution in [1.29, 1.82) is 0 Å². The first kappa shape index (κ1) is 13.1. The van der Waals surface area contributed by atoms with Gasteiger partial charge in [0.1, 0.15) is 10.4 Å². The topological polar surface area (TPSA) is 68.0 Å². The Morgan fingerprint density at radius 1 is 1.40 bits per heavy atom. The maximum Gasteiger partial charge on any atom is 0.264 e. The molecule has 0 aliphatic rings. The summed E-state index contributed by atoms with van der Waals surface area (Å²) >= 11 is 3.00. The van der Waals surface area contributed by atoms with Gasteiger partial charge in [-0.2, -0.15) is 0 Å². The minimum absolute atomic E-state index is 0.0277. The molecule has 20 heavy (non-hydrogen) atoms. The lowest BCUT2D eigenvalue weighted by Crippen LogP contribution is -2.25. The molecule has 0 spiro atoms. The molecule has 1 amide bonds. The molecule has 3 aromatic rings. The molecule has 3 rings (SSSR count). The molecule has 1 atom stereocenters. The van der Waals surface area contributed by atoms with Crippen LogP contribution in [-0.4, -0.2) is 10.9 Å². The van der Waals surface area contributed by atoms with E-state index in [2.05, 4.69) is 10.3 Å². The number of carbonyl (C=O) groups is 1. The molecule has 0 aromatic carbocycles. The zero-order valence-electron chi connectivity index (χ0n) is 10.8. The van der Waals surface area contributed by atoms with E-state index >= 15 is 0 Å². The summed E-state index contributed by atoms with van der Waals surface area (Å²) in [7, 11) is 0. The van der Waals surface area contributed by atoms with Crippen molar-refractivity contribution in [3.8, 4) is 0 Å². The Morgan fingerprint density at radius 2 is 2.25 bits per heavy atom. The van der Waals surface area contributed by atoms with E-state index in [1.807, 2.05) is 36.6 Å². The highest BCUT2D eigenvalue weighted by atomic mass is 32.1. The third-order valence-corrected chi connectivity index (χ3v) is 5.22. The monoisotopic (exact) mass is 303 g/mol. The van der Waals surface area contributed by atoms with Gasteiger partial charge in [-0.05, 0) is 30.5 Å². The SMILES string of the molecule is CC(NC(=O)c1sc2cccnc2c1N)c1cccs1. The van der Waals surface area contributed by atoms with E-state index in [1.54, 1.807) is 17.5 Å². The predicted molar refractivity (Wildman–Crippen MR) is 84.2 cm³/mol. The van der Waals surface area contributed by atoms with Crippen LogP contribution in [0.4, 0.5) is 5.69 Å². The number of carbonyl (C=O) groups excluding carboxylic acids is 1. The first-order chi connectivity index (χ1) is 9.66. The summed E-state index contributed by atoms with van der Waals surface area (Å²) < 4.78 is 0.930. The molecule has 3 aromatic heterocycles. The largest absolute Gasteiger partial charge is 0.396 e. The minimum atomic E-state index is -0.147. The van der Waals surface area contributed by atoms with E-state index in [4.69, 9.17) is 5.73 Å². The standard InChI is InChI=1S/C14H13N3OS2/c1-8(9-5-3-7-19-9)17-14(18)13-11(15)12-10(20-13)4-2-6-16-12/h2-8H,15H2,1H3,(H,17,18). The van der Waals surface area contributed by atoms with Gasteiger partial charge in [-0.15, -0.1) is 22.7 Å². The summed E-state index contributed by atoms with van der Waals surface area (Å²) in [5.41, 5.74) is 7.18. The third kappa shape index (κ3) is 2.28. The number of hydrogen-bond acceptors (Lipinski definition) is 5. The van der Waals surface area contributed by atoms with Crippen molar-refractivity contribution < 1.29 is 4.79 Å². The molecule has 0 bridgehead atoms. The Labute approximate surface area is 124 Å². The van der Waals surface area contributed by atoms with Crippen LogP contribution >= 0.6 is 22.7 Å². The maximum absolute atomic E-state index is 12.3. The number of hydrogen-bond donors (Lipinski definition) is 2. The van der Waals surface area contributed by atoms with Crippen LogP contribution in [-0.2, 0) is 0 Å². The quantitative estimate of drug-likeness (QED) is 0.779. The van der Waals surface area contributed by atoms with Gasteiger partial charge < -0.3 is 11.1 Å². The van der Waals surface area contributed by atoms with E-state index in [9.17, 15) is 4.79 Å². The fourth-order valence-corrected chi connectivity index (χ4v) is 3.71. The maximum atomic E-state index is 12.3. The van der Waals surface area contributed by atoms with Crippen molar-refractivity contribution >= 4 is 44.5 Å². The van der Waals surface area contributed by atoms with Crippen LogP contribution in [0.1, 0.15) is 27.5 Å². The van der Waals surface area contributed by atoms with Crippen LogP contribution < -0.4 is 11.1 Å². The number of pyridine rings is 1. The summed E-state index contributed by atoms with van der Waals surface area (Å²) in [5, 5.41) is 4.97. The number of thiophene rings is 2. The highest BCUT2D eigenvalue weighted by molar-refractivity contribution is 7.21. The second-order valence-corrected chi connectivity index (χ2v) is 6.44. The summed E-state index contributed by atoms with van der Waals surface area (Å²) in [6, 6.07) is 7.71. The Hall–Kier alpha value is -1.92. The zero-order chi connectivity index (χ0) is 14.1. The van der Waals surface area contributed by atoms with Gasteiger partial charge in [0.05, 0.1) is 16.4 Å². The van der Waals surface area contributed by atoms with Crippen molar-refractivity contribution in [2.45, 2.75) is 13.0 Å². The number of rotatable bonds is 3. The van der Waals surface area contributed by atoms with Gasteiger partial charge in [0.2, 0.25) is 0 Å². The van der Waals surface area contributed by atoms with Gasteiger partial charge in [-0.1, -0.05) is 6.07 Å². The smallest absolute Gasteiger partial charge is 0.264 e. The second-order valence-electron chi connectivity index (χ2n) is 4.41. The van der Waals surface area contributed by atoms with Crippen LogP contribution in [0.15, 0.2) is 35.8 Å². The Bertz CT molecular complexity index is 749. The number of nitrogens with zero attached hydrogens (tertiary/aromatic N) is 1. The van der Waals surface area contributed by atoms with Crippen molar-refractivity contribution in [2.75, 3.05) is 5.73 Å². The van der Waals surface area contributed by atoms with Gasteiger partial charge >= 0.3 is 0 Å². The van der Waals surface area contributed by atoms with E-state index in [1.165, 1.54) is 11.3 Å². The van der Waals surface area contributed by atoms with Gasteiger partial charge in [0.15, 0.2) is 0 Å². The van der Waals surface area contributed by atoms with E-state index in [-0.39, 0.29) is 11.9 Å². The third-order valence-electron chi connectivity index (χ3n) is 3.01. The van der Waals surface area contributed by atoms with Crippen molar-refractivity contribution in [3.05, 3.63) is 45.6 Å². The number of nitrogen functional groups attached to an aromatic ring is 1. The lowest BCUT2D eigenvalue weighted by molar-refractivity contribution is 0.0945. The molecule has 3 heterocycles. The first-order valence-corrected chi connectivity index (χ1v) is 7.83. The van der Waals surface area contributed by atoms with Gasteiger partial charge in [-0.25, -0.2) is 0 Å². The Balaban J connectivity index is 1.87. The van der Waals surface area contributed by atoms with Crippen LogP contribution in [0.5, 0.6) is 0 Å². The van der Waals surface area contributed by atoms with E-state index in [0.29, 0.717) is 16.1 Å². The molecule has 6 heteroatoms. The summed E-state index contributed by atoms with van der Waals surface area (Å²) in [6.07, 6.45) is 1.68. The lowest BCUT2D eigenvalue weighted by atomic mass is 10.2. The van der Waals surface area contributed by atoms with Crippen LogP contribution in [0.2, 0.25) is 0 Å². The predicted octanol–water partition coefficient (Wildman–Crippen LogP) is 3.43. The number of amides is 1. The van der Waals surface area contributed by atoms with Crippen molar-refractivity contribution in [3.63, 3.8) is 0 Å². The molecular weight excluding hydrogens is 290 g/mol. The average molecular weight is 303 g/mol. The van der Waals surface area contributed by atoms with Crippen LogP contribution in [0.25, 0.3) is 10.2 Å². The highest BCUT2D eigenvalue weighted by Crippen LogP contribution is 2.32. The molecule has 0 radical (unpaired) electrons. The van der Waals surface area contributed by atoms with Gasteiger partial charge in [0, 0.05) is 11.1 Å². The molecule has 1 unspecified atom stereocenters. The number of aromatic nitrogens is 1. The fourth-order valence-electron chi connectivity index (χ4n) is 1.99. The second kappa shape index (κ2) is 5.22. The van der Waals surface area contributed by atoms with Gasteiger partial charge in [-0.3, -0.25) is 9.78 Å². The van der Waals surface area contributed by atoms with Crippen LogP contribution in [0, 0.1) is 0 Å². The van der Waals surface area contributed by atoms with Gasteiger partial charge in [0.25, 0.3) is 5.91 Å². The molecule has 0 aliphatic heterocycles. The summed E-state index contributed by atoms with van der Waals surface area (Å²) in [4.78, 5) is 18.2. The molecule has 0 saturated heterocycles. The highest BCUT2D eigenvalue weighted by Gasteiger charge is 2.19. The number of nitrogens with two attached hydrogens (primary N) is 1. The first-order valence-electron chi connectivity index (χ1n) is 6.14. The average Bonchev–Trinajstić information content (AvgIpc) is 3.07. The zero-order valence-corrected chi connectivity index (χ0v) is 12.4. The Kier molecular flexibility index (Phi) is 3.42.